The number of amides is 4. The highest BCUT2D eigenvalue weighted by Crippen LogP contribution is 2.13. The summed E-state index contributed by atoms with van der Waals surface area (Å²) in [6.45, 7) is 4.45. The van der Waals surface area contributed by atoms with Gasteiger partial charge in [0.1, 0.15) is 6.04 Å². The molecule has 1 aromatic carbocycles. The molecule has 0 aliphatic rings. The smallest absolute Gasteiger partial charge is 0.339 e. The van der Waals surface area contributed by atoms with Gasteiger partial charge in [0.25, 0.3) is 0 Å². The lowest BCUT2D eigenvalue weighted by Gasteiger charge is -2.22. The third-order valence-corrected chi connectivity index (χ3v) is 5.38. The zero-order chi connectivity index (χ0) is 26.0. The van der Waals surface area contributed by atoms with E-state index < -0.39 is 35.9 Å². The number of esters is 1. The first-order valence-corrected chi connectivity index (χ1v) is 11.3. The van der Waals surface area contributed by atoms with E-state index in [1.54, 1.807) is 30.6 Å². The van der Waals surface area contributed by atoms with Gasteiger partial charge >= 0.3 is 12.0 Å². The number of hydrogen-bond donors (Lipinski definition) is 5. The van der Waals surface area contributed by atoms with Crippen molar-refractivity contribution in [3.63, 3.8) is 0 Å². The number of ether oxygens (including phenoxy) is 1. The van der Waals surface area contributed by atoms with E-state index >= 15 is 0 Å². The molecule has 4 amide bonds. The number of urea groups is 1. The molecule has 0 aliphatic carbocycles. The second kappa shape index (κ2) is 13.1. The third kappa shape index (κ3) is 8.78. The van der Waals surface area contributed by atoms with Gasteiger partial charge in [-0.3, -0.25) is 9.59 Å². The molecule has 1 aromatic heterocycles. The largest absolute Gasteiger partial charge is 0.465 e. The predicted molar refractivity (Wildman–Crippen MR) is 132 cm³/mol. The Kier molecular flexibility index (Phi) is 10.3. The van der Waals surface area contributed by atoms with Crippen LogP contribution in [0.15, 0.2) is 42.7 Å². The van der Waals surface area contributed by atoms with Crippen molar-refractivity contribution in [2.75, 3.05) is 19.0 Å². The number of carbonyl (C=O) groups is 4. The van der Waals surface area contributed by atoms with Crippen LogP contribution < -0.4 is 27.4 Å². The van der Waals surface area contributed by atoms with Crippen LogP contribution in [0, 0.1) is 5.92 Å². The van der Waals surface area contributed by atoms with Gasteiger partial charge in [0.05, 0.1) is 18.7 Å². The number of nitrogens with two attached hydrogens (primary N) is 2. The highest BCUT2D eigenvalue weighted by Gasteiger charge is 2.25. The molecule has 2 unspecified atom stereocenters. The van der Waals surface area contributed by atoms with Crippen molar-refractivity contribution in [2.24, 2.45) is 17.4 Å². The molecule has 190 valence electrons. The quantitative estimate of drug-likeness (QED) is 0.223. The number of anilines is 1. The summed E-state index contributed by atoms with van der Waals surface area (Å²) in [6, 6.07) is 6.66. The molecule has 7 N–H and O–H groups in total. The Bertz CT molecular complexity index is 1020. The van der Waals surface area contributed by atoms with Crippen molar-refractivity contribution in [1.82, 2.24) is 15.2 Å². The van der Waals surface area contributed by atoms with Crippen molar-refractivity contribution in [1.29, 1.82) is 0 Å². The number of rotatable bonds is 12. The number of hydrogen-bond acceptors (Lipinski definition) is 6. The Morgan fingerprint density at radius 1 is 1.06 bits per heavy atom. The minimum absolute atomic E-state index is 0.0909. The highest BCUT2D eigenvalue weighted by atomic mass is 16.5. The van der Waals surface area contributed by atoms with Gasteiger partial charge in [-0.2, -0.15) is 0 Å². The fourth-order valence-corrected chi connectivity index (χ4v) is 3.27. The summed E-state index contributed by atoms with van der Waals surface area (Å²) in [7, 11) is 1.33. The zero-order valence-electron chi connectivity index (χ0n) is 20.2. The van der Waals surface area contributed by atoms with Crippen LogP contribution in [0.1, 0.15) is 42.6 Å². The number of carbonyl (C=O) groups excluding carboxylic acids is 4. The van der Waals surface area contributed by atoms with Crippen LogP contribution in [0.2, 0.25) is 0 Å². The van der Waals surface area contributed by atoms with E-state index in [0.717, 1.165) is 5.56 Å². The Hall–Kier alpha value is -3.86. The SMILES string of the molecule is COC(=O)c1ccn(Cc2ccc(NC(=O)C(CCCNC(N)=O)NC(=O)C(N)C(C)C)cc2)c1. The average Bonchev–Trinajstić information content (AvgIpc) is 3.29. The molecule has 0 radical (unpaired) electrons. The summed E-state index contributed by atoms with van der Waals surface area (Å²) in [5, 5.41) is 7.98. The van der Waals surface area contributed by atoms with E-state index in [-0.39, 0.29) is 18.9 Å². The lowest BCUT2D eigenvalue weighted by molar-refractivity contribution is -0.128. The van der Waals surface area contributed by atoms with Crippen molar-refractivity contribution in [3.05, 3.63) is 53.9 Å². The lowest BCUT2D eigenvalue weighted by atomic mass is 10.0. The number of nitrogens with zero attached hydrogens (tertiary/aromatic N) is 1. The Morgan fingerprint density at radius 3 is 2.34 bits per heavy atom. The molecule has 11 nitrogen and oxygen atoms in total. The number of benzene rings is 1. The molecule has 35 heavy (non-hydrogen) atoms. The number of aromatic nitrogens is 1. The van der Waals surface area contributed by atoms with Crippen LogP contribution in [0.4, 0.5) is 10.5 Å². The molecule has 0 aliphatic heterocycles. The van der Waals surface area contributed by atoms with Gasteiger partial charge in [-0.25, -0.2) is 9.59 Å². The molecular weight excluding hydrogens is 452 g/mol. The summed E-state index contributed by atoms with van der Waals surface area (Å²) in [4.78, 5) is 47.8. The Labute approximate surface area is 204 Å². The van der Waals surface area contributed by atoms with Crippen LogP contribution in [-0.4, -0.2) is 54.1 Å². The minimum atomic E-state index is -0.835. The Balaban J connectivity index is 2.01. The molecule has 0 saturated carbocycles. The van der Waals surface area contributed by atoms with Crippen LogP contribution >= 0.6 is 0 Å². The minimum Gasteiger partial charge on any atom is -0.465 e. The van der Waals surface area contributed by atoms with Crippen molar-refractivity contribution in [2.45, 2.75) is 45.3 Å². The van der Waals surface area contributed by atoms with E-state index in [4.69, 9.17) is 16.2 Å². The number of nitrogens with one attached hydrogen (secondary N) is 3. The molecule has 0 bridgehead atoms. The van der Waals surface area contributed by atoms with E-state index in [0.29, 0.717) is 24.2 Å². The van der Waals surface area contributed by atoms with E-state index in [1.807, 2.05) is 30.5 Å². The zero-order valence-corrected chi connectivity index (χ0v) is 20.2. The summed E-state index contributed by atoms with van der Waals surface area (Å²) < 4.78 is 6.56. The van der Waals surface area contributed by atoms with Crippen LogP contribution in [-0.2, 0) is 20.9 Å². The van der Waals surface area contributed by atoms with Crippen molar-refractivity contribution in [3.8, 4) is 0 Å². The maximum Gasteiger partial charge on any atom is 0.339 e. The first kappa shape index (κ1) is 27.4. The van der Waals surface area contributed by atoms with Gasteiger partial charge in [0.15, 0.2) is 0 Å². The fraction of sp³-hybridized carbons (Fsp3) is 0.417. The summed E-state index contributed by atoms with van der Waals surface area (Å²) >= 11 is 0. The summed E-state index contributed by atoms with van der Waals surface area (Å²) in [6.07, 6.45) is 4.20. The number of primary amides is 1. The van der Waals surface area contributed by atoms with E-state index in [9.17, 15) is 19.2 Å². The van der Waals surface area contributed by atoms with Crippen LogP contribution in [0.25, 0.3) is 0 Å². The molecule has 2 rings (SSSR count). The molecule has 1 heterocycles. The molecule has 0 spiro atoms. The second-order valence-electron chi connectivity index (χ2n) is 8.51. The van der Waals surface area contributed by atoms with Gasteiger partial charge in [0, 0.05) is 31.2 Å². The van der Waals surface area contributed by atoms with Crippen LogP contribution in [0.3, 0.4) is 0 Å². The molecule has 0 fully saturated rings. The topological polar surface area (TPSA) is 171 Å². The average molecular weight is 487 g/mol. The van der Waals surface area contributed by atoms with Gasteiger partial charge in [-0.05, 0) is 42.5 Å². The van der Waals surface area contributed by atoms with Crippen LogP contribution in [0.5, 0.6) is 0 Å². The standard InChI is InChI=1S/C24H34N6O5/c1-15(2)20(25)22(32)29-19(5-4-11-27-24(26)34)21(31)28-18-8-6-16(7-9-18)13-30-12-10-17(14-30)23(33)35-3/h6-10,12,14-15,19-20H,4-5,11,13,25H2,1-3H3,(H,28,31)(H,29,32)(H3,26,27,34). The van der Waals surface area contributed by atoms with Gasteiger partial charge < -0.3 is 36.7 Å². The monoisotopic (exact) mass is 486 g/mol. The number of methoxy groups -OCH3 is 1. The highest BCUT2D eigenvalue weighted by molar-refractivity contribution is 5.97. The maximum atomic E-state index is 12.9. The molecule has 0 saturated heterocycles. The third-order valence-electron chi connectivity index (χ3n) is 5.38. The predicted octanol–water partition coefficient (Wildman–Crippen LogP) is 1.18. The fourth-order valence-electron chi connectivity index (χ4n) is 3.27. The van der Waals surface area contributed by atoms with Crippen molar-refractivity contribution < 1.29 is 23.9 Å². The van der Waals surface area contributed by atoms with E-state index in [2.05, 4.69) is 16.0 Å². The molecule has 11 heteroatoms. The van der Waals surface area contributed by atoms with Crippen molar-refractivity contribution >= 4 is 29.5 Å². The lowest BCUT2D eigenvalue weighted by Crippen LogP contribution is -2.51. The first-order chi connectivity index (χ1) is 16.6. The summed E-state index contributed by atoms with van der Waals surface area (Å²) in [5.41, 5.74) is 13.0. The molecule has 2 aromatic rings. The maximum absolute atomic E-state index is 12.9. The molecule has 2 atom stereocenters. The van der Waals surface area contributed by atoms with Gasteiger partial charge in [-0.15, -0.1) is 0 Å². The first-order valence-electron chi connectivity index (χ1n) is 11.3. The molecular formula is C24H34N6O5. The second-order valence-corrected chi connectivity index (χ2v) is 8.51. The normalized spacial score (nSPS) is 12.5. The Morgan fingerprint density at radius 2 is 1.74 bits per heavy atom. The van der Waals surface area contributed by atoms with E-state index in [1.165, 1.54) is 7.11 Å². The summed E-state index contributed by atoms with van der Waals surface area (Å²) in [5.74, 6) is -1.30. The van der Waals surface area contributed by atoms with Gasteiger partial charge in [-0.1, -0.05) is 26.0 Å². The van der Waals surface area contributed by atoms with Gasteiger partial charge in [0.2, 0.25) is 11.8 Å².